The summed E-state index contributed by atoms with van der Waals surface area (Å²) in [5.74, 6) is 2.54. The summed E-state index contributed by atoms with van der Waals surface area (Å²) in [5.41, 5.74) is 0.965. The zero-order chi connectivity index (χ0) is 15.9. The van der Waals surface area contributed by atoms with Gasteiger partial charge in [0.05, 0.1) is 12.6 Å². The molecule has 2 rings (SSSR count). The summed E-state index contributed by atoms with van der Waals surface area (Å²) in [6.45, 7) is 8.73. The molecule has 1 unspecified atom stereocenters. The average Bonchev–Trinajstić information content (AvgIpc) is 2.90. The molecule has 0 radical (unpaired) electrons. The van der Waals surface area contributed by atoms with Crippen molar-refractivity contribution in [2.75, 3.05) is 13.1 Å². The highest BCUT2D eigenvalue weighted by Crippen LogP contribution is 2.17. The second-order valence-electron chi connectivity index (χ2n) is 6.36. The highest BCUT2D eigenvalue weighted by molar-refractivity contribution is 5.17. The molecule has 3 nitrogen and oxygen atoms in total. The van der Waals surface area contributed by atoms with Crippen molar-refractivity contribution in [3.8, 4) is 0 Å². The fourth-order valence-electron chi connectivity index (χ4n) is 2.49. The molecule has 1 atom stereocenters. The third-order valence-corrected chi connectivity index (χ3v) is 3.81. The highest BCUT2D eigenvalue weighted by atomic mass is 16.3. The molecule has 1 aromatic heterocycles. The number of aliphatic hydroxyl groups is 1. The van der Waals surface area contributed by atoms with Gasteiger partial charge >= 0.3 is 0 Å². The maximum absolute atomic E-state index is 10.5. The number of nitrogens with zero attached hydrogens (tertiary/aromatic N) is 1. The second-order valence-corrected chi connectivity index (χ2v) is 6.36. The molecule has 0 aliphatic carbocycles. The van der Waals surface area contributed by atoms with E-state index in [1.54, 1.807) is 0 Å². The van der Waals surface area contributed by atoms with E-state index in [0.29, 0.717) is 12.5 Å². The van der Waals surface area contributed by atoms with Gasteiger partial charge in [-0.05, 0) is 43.5 Å². The van der Waals surface area contributed by atoms with Gasteiger partial charge in [0.1, 0.15) is 11.5 Å². The number of hydrogen-bond acceptors (Lipinski definition) is 3. The lowest BCUT2D eigenvalue weighted by molar-refractivity contribution is 0.101. The van der Waals surface area contributed by atoms with Crippen LogP contribution in [0.15, 0.2) is 46.9 Å². The monoisotopic (exact) mass is 301 g/mol. The summed E-state index contributed by atoms with van der Waals surface area (Å²) in [6.07, 6.45) is 0.644. The highest BCUT2D eigenvalue weighted by Gasteiger charge is 2.15. The molecule has 0 fully saturated rings. The Labute approximate surface area is 133 Å². The van der Waals surface area contributed by atoms with Crippen molar-refractivity contribution in [1.82, 2.24) is 4.90 Å². The molecular weight excluding hydrogens is 274 g/mol. The van der Waals surface area contributed by atoms with E-state index in [1.807, 2.05) is 49.4 Å². The number of hydrogen-bond donors (Lipinski definition) is 1. The van der Waals surface area contributed by atoms with E-state index < -0.39 is 6.10 Å². The fraction of sp³-hybridized carbons (Fsp3) is 0.474. The zero-order valence-electron chi connectivity index (χ0n) is 13.8. The zero-order valence-corrected chi connectivity index (χ0v) is 13.8. The molecular formula is C19H27NO2. The Morgan fingerprint density at radius 2 is 1.82 bits per heavy atom. The molecule has 0 amide bonds. The minimum atomic E-state index is -0.468. The van der Waals surface area contributed by atoms with Gasteiger partial charge in [0.15, 0.2) is 0 Å². The van der Waals surface area contributed by atoms with Gasteiger partial charge in [-0.3, -0.25) is 4.90 Å². The summed E-state index contributed by atoms with van der Waals surface area (Å²) in [4.78, 5) is 2.27. The molecule has 1 heterocycles. The van der Waals surface area contributed by atoms with Crippen LogP contribution in [0.1, 0.15) is 43.5 Å². The molecule has 1 N–H and O–H groups in total. The largest absolute Gasteiger partial charge is 0.465 e. The molecule has 1 aromatic carbocycles. The van der Waals surface area contributed by atoms with Gasteiger partial charge in [-0.2, -0.15) is 0 Å². The molecule has 120 valence electrons. The van der Waals surface area contributed by atoms with Gasteiger partial charge in [0.25, 0.3) is 0 Å². The first kappa shape index (κ1) is 16.8. The van der Waals surface area contributed by atoms with Crippen LogP contribution in [0.2, 0.25) is 0 Å². The van der Waals surface area contributed by atoms with Crippen LogP contribution < -0.4 is 0 Å². The Kier molecular flexibility index (Phi) is 6.22. The van der Waals surface area contributed by atoms with Crippen LogP contribution in [-0.4, -0.2) is 23.1 Å². The van der Waals surface area contributed by atoms with Crippen molar-refractivity contribution in [1.29, 1.82) is 0 Å². The minimum Gasteiger partial charge on any atom is -0.465 e. The van der Waals surface area contributed by atoms with Gasteiger partial charge < -0.3 is 9.52 Å². The SMILES string of the molecule is Cc1ccc(CN(CCC(C)C)CC(O)c2ccccc2)o1. The Morgan fingerprint density at radius 3 is 2.41 bits per heavy atom. The molecule has 0 bridgehead atoms. The third-order valence-electron chi connectivity index (χ3n) is 3.81. The van der Waals surface area contributed by atoms with E-state index in [1.165, 1.54) is 0 Å². The molecule has 0 saturated heterocycles. The van der Waals surface area contributed by atoms with Crippen molar-refractivity contribution in [2.24, 2.45) is 5.92 Å². The van der Waals surface area contributed by atoms with E-state index in [9.17, 15) is 5.11 Å². The number of aliphatic hydroxyl groups excluding tert-OH is 1. The van der Waals surface area contributed by atoms with E-state index >= 15 is 0 Å². The molecule has 0 spiro atoms. The van der Waals surface area contributed by atoms with Crippen LogP contribution in [-0.2, 0) is 6.54 Å². The van der Waals surface area contributed by atoms with Crippen LogP contribution >= 0.6 is 0 Å². The second kappa shape index (κ2) is 8.16. The fourth-order valence-corrected chi connectivity index (χ4v) is 2.49. The van der Waals surface area contributed by atoms with Gasteiger partial charge in [-0.25, -0.2) is 0 Å². The smallest absolute Gasteiger partial charge is 0.118 e. The Balaban J connectivity index is 2.00. The molecule has 3 heteroatoms. The standard InChI is InChI=1S/C19H27NO2/c1-15(2)11-12-20(13-18-10-9-16(3)22-18)14-19(21)17-7-5-4-6-8-17/h4-10,15,19,21H,11-14H2,1-3H3. The van der Waals surface area contributed by atoms with Crippen LogP contribution in [0.3, 0.4) is 0 Å². The van der Waals surface area contributed by atoms with Gasteiger partial charge in [-0.1, -0.05) is 44.2 Å². The summed E-state index contributed by atoms with van der Waals surface area (Å²) in [7, 11) is 0. The van der Waals surface area contributed by atoms with Gasteiger partial charge in [-0.15, -0.1) is 0 Å². The minimum absolute atomic E-state index is 0.468. The Bertz CT molecular complexity index is 548. The molecule has 0 aliphatic rings. The number of furan rings is 1. The summed E-state index contributed by atoms with van der Waals surface area (Å²) >= 11 is 0. The first-order valence-corrected chi connectivity index (χ1v) is 8.05. The number of benzene rings is 1. The topological polar surface area (TPSA) is 36.6 Å². The lowest BCUT2D eigenvalue weighted by Crippen LogP contribution is -2.30. The predicted octanol–water partition coefficient (Wildman–Crippen LogP) is 4.17. The van der Waals surface area contributed by atoms with E-state index in [4.69, 9.17) is 4.42 Å². The number of aryl methyl sites for hydroxylation is 1. The quantitative estimate of drug-likeness (QED) is 0.795. The van der Waals surface area contributed by atoms with Crippen molar-refractivity contribution in [2.45, 2.75) is 39.8 Å². The predicted molar refractivity (Wildman–Crippen MR) is 89.6 cm³/mol. The first-order chi connectivity index (χ1) is 10.5. The van der Waals surface area contributed by atoms with Crippen molar-refractivity contribution < 1.29 is 9.52 Å². The van der Waals surface area contributed by atoms with E-state index in [0.717, 1.165) is 36.6 Å². The van der Waals surface area contributed by atoms with E-state index in [-0.39, 0.29) is 0 Å². The van der Waals surface area contributed by atoms with Crippen molar-refractivity contribution >= 4 is 0 Å². The van der Waals surface area contributed by atoms with E-state index in [2.05, 4.69) is 18.7 Å². The van der Waals surface area contributed by atoms with Gasteiger partial charge in [0.2, 0.25) is 0 Å². The van der Waals surface area contributed by atoms with Crippen LogP contribution in [0.25, 0.3) is 0 Å². The Morgan fingerprint density at radius 1 is 1.09 bits per heavy atom. The first-order valence-electron chi connectivity index (χ1n) is 8.05. The summed E-state index contributed by atoms with van der Waals surface area (Å²) in [6, 6.07) is 13.9. The average molecular weight is 301 g/mol. The van der Waals surface area contributed by atoms with Crippen molar-refractivity contribution in [3.63, 3.8) is 0 Å². The lowest BCUT2D eigenvalue weighted by atomic mass is 10.1. The maximum Gasteiger partial charge on any atom is 0.118 e. The Hall–Kier alpha value is -1.58. The summed E-state index contributed by atoms with van der Waals surface area (Å²) in [5, 5.41) is 10.5. The summed E-state index contributed by atoms with van der Waals surface area (Å²) < 4.78 is 5.68. The van der Waals surface area contributed by atoms with Crippen LogP contribution in [0, 0.1) is 12.8 Å². The molecule has 2 aromatic rings. The maximum atomic E-state index is 10.5. The number of rotatable bonds is 8. The lowest BCUT2D eigenvalue weighted by Gasteiger charge is -2.25. The normalized spacial score (nSPS) is 13.0. The molecule has 22 heavy (non-hydrogen) atoms. The van der Waals surface area contributed by atoms with Gasteiger partial charge in [0, 0.05) is 6.54 Å². The molecule has 0 saturated carbocycles. The van der Waals surface area contributed by atoms with Crippen LogP contribution in [0.4, 0.5) is 0 Å². The molecule has 0 aliphatic heterocycles. The van der Waals surface area contributed by atoms with Crippen molar-refractivity contribution in [3.05, 3.63) is 59.5 Å². The third kappa shape index (κ3) is 5.32. The van der Waals surface area contributed by atoms with Crippen LogP contribution in [0.5, 0.6) is 0 Å².